The van der Waals surface area contributed by atoms with Gasteiger partial charge in [0.2, 0.25) is 11.9 Å². The summed E-state index contributed by atoms with van der Waals surface area (Å²) in [6.07, 6.45) is 3.41. The molecule has 62 heavy (non-hydrogen) atoms. The van der Waals surface area contributed by atoms with Crippen LogP contribution < -0.4 is 5.32 Å². The fourth-order valence-electron chi connectivity index (χ4n) is 10.3. The molecule has 14 rings (SSSR count). The molecule has 0 aliphatic carbocycles. The van der Waals surface area contributed by atoms with Crippen LogP contribution in [0.5, 0.6) is 0 Å². The summed E-state index contributed by atoms with van der Waals surface area (Å²) in [5, 5.41) is 13.2. The van der Waals surface area contributed by atoms with E-state index in [2.05, 4.69) is 206 Å². The fraction of sp³-hybridized carbons (Fsp3) is 0.0185. The lowest BCUT2D eigenvalue weighted by molar-refractivity contribution is 0.713. The number of rotatable bonds is 2. The van der Waals surface area contributed by atoms with E-state index in [1.54, 1.807) is 0 Å². The van der Waals surface area contributed by atoms with E-state index >= 15 is 0 Å². The Morgan fingerprint density at radius 2 is 0.903 bits per heavy atom. The van der Waals surface area contributed by atoms with Crippen molar-refractivity contribution in [2.45, 2.75) is 6.17 Å². The minimum absolute atomic E-state index is 0.420. The lowest BCUT2D eigenvalue weighted by Crippen LogP contribution is -2.43. The van der Waals surface area contributed by atoms with Gasteiger partial charge in [0.25, 0.3) is 0 Å². The molecule has 8 aromatic carbocycles. The first-order valence-corrected chi connectivity index (χ1v) is 21.0. The maximum atomic E-state index is 5.42. The Kier molecular flexibility index (Phi) is 6.73. The first-order chi connectivity index (χ1) is 30.8. The van der Waals surface area contributed by atoms with E-state index in [-0.39, 0.29) is 0 Å². The molecule has 1 atom stereocenters. The molecule has 6 heterocycles. The molecule has 2 aliphatic heterocycles. The van der Waals surface area contributed by atoms with Gasteiger partial charge in [-0.15, -0.1) is 0 Å². The van der Waals surface area contributed by atoms with Crippen LogP contribution in [0.2, 0.25) is 0 Å². The van der Waals surface area contributed by atoms with Crippen LogP contribution in [0, 0.1) is 0 Å². The summed E-state index contributed by atoms with van der Waals surface area (Å²) in [5.41, 5.74) is 12.1. The van der Waals surface area contributed by atoms with Crippen molar-refractivity contribution in [1.29, 1.82) is 0 Å². The fourth-order valence-corrected chi connectivity index (χ4v) is 10.3. The van der Waals surface area contributed by atoms with Gasteiger partial charge in [-0.1, -0.05) is 115 Å². The molecule has 8 heteroatoms. The molecule has 0 saturated carbocycles. The van der Waals surface area contributed by atoms with Gasteiger partial charge in [0.1, 0.15) is 0 Å². The predicted molar refractivity (Wildman–Crippen MR) is 257 cm³/mol. The summed E-state index contributed by atoms with van der Waals surface area (Å²) in [6.45, 7) is 0. The van der Waals surface area contributed by atoms with Gasteiger partial charge in [-0.3, -0.25) is 9.13 Å². The smallest absolute Gasteiger partial charge is 0.232 e. The second-order valence-corrected chi connectivity index (χ2v) is 16.1. The number of aromatic nitrogens is 4. The number of nitrogens with one attached hydrogen (secondary N) is 1. The average molecular weight is 795 g/mol. The molecule has 0 bridgehead atoms. The van der Waals surface area contributed by atoms with Crippen molar-refractivity contribution in [1.82, 2.24) is 23.6 Å². The number of benzene rings is 8. The molecule has 2 aliphatic rings. The Hall–Kier alpha value is -8.49. The van der Waals surface area contributed by atoms with Crippen molar-refractivity contribution in [3.8, 4) is 11.4 Å². The van der Waals surface area contributed by atoms with Crippen molar-refractivity contribution >= 4 is 105 Å². The highest BCUT2D eigenvalue weighted by molar-refractivity contribution is 6.28. The van der Waals surface area contributed by atoms with Crippen molar-refractivity contribution in [2.24, 2.45) is 15.0 Å². The molecular formula is C54H34N8. The Balaban J connectivity index is 0.961. The van der Waals surface area contributed by atoms with E-state index in [0.717, 1.165) is 66.3 Å². The molecule has 8 nitrogen and oxygen atoms in total. The SMILES string of the molecule is C1=NC(n2c3ccccc3c3cc4c(cc32)c2ccccc2n4-c2ccccc2)=NC2NC(n3c4ccccc4c4ccc5c(c6ccccc6n5-c5ccccc5)c43)=NC=C12. The van der Waals surface area contributed by atoms with Gasteiger partial charge in [-0.05, 0) is 66.7 Å². The van der Waals surface area contributed by atoms with Crippen LogP contribution in [0.3, 0.4) is 0 Å². The van der Waals surface area contributed by atoms with E-state index in [0.29, 0.717) is 11.9 Å². The third-order valence-corrected chi connectivity index (χ3v) is 12.9. The van der Waals surface area contributed by atoms with Gasteiger partial charge in [-0.25, -0.2) is 15.0 Å². The lowest BCUT2D eigenvalue weighted by atomic mass is 10.1. The van der Waals surface area contributed by atoms with Crippen LogP contribution in [-0.2, 0) is 0 Å². The minimum Gasteiger partial charge on any atom is -0.330 e. The van der Waals surface area contributed by atoms with Crippen LogP contribution in [0.15, 0.2) is 209 Å². The summed E-state index contributed by atoms with van der Waals surface area (Å²) in [4.78, 5) is 15.6. The van der Waals surface area contributed by atoms with Crippen LogP contribution in [0.25, 0.3) is 98.6 Å². The van der Waals surface area contributed by atoms with Gasteiger partial charge in [0, 0.05) is 72.5 Å². The highest BCUT2D eigenvalue weighted by Gasteiger charge is 2.28. The summed E-state index contributed by atoms with van der Waals surface area (Å²) >= 11 is 0. The third-order valence-electron chi connectivity index (χ3n) is 12.9. The standard InChI is InChI=1S/C54H34N8/c1-3-15-34(16-4-1)59-46-26-14-10-22-40(46)50-47(59)28-27-39-36-19-7-13-25-45(36)62(51(39)50)54-56-32-33-31-55-53(57-52(33)58-54)61-44-24-12-9-21-38(44)42-29-48-41(30-49(42)61)37-20-8-11-23-43(37)60(48)35-17-5-2-6-18-35/h1-32,52H,(H,56,58). The zero-order valence-electron chi connectivity index (χ0n) is 33.2. The van der Waals surface area contributed by atoms with Gasteiger partial charge in [0.05, 0.1) is 44.1 Å². The molecule has 0 amide bonds. The number of fused-ring (bicyclic) bond motifs is 14. The van der Waals surface area contributed by atoms with E-state index in [1.165, 1.54) is 37.8 Å². The molecule has 4 aromatic heterocycles. The Morgan fingerprint density at radius 1 is 0.403 bits per heavy atom. The number of nitrogens with zero attached hydrogens (tertiary/aromatic N) is 7. The largest absolute Gasteiger partial charge is 0.330 e. The maximum absolute atomic E-state index is 5.42. The Morgan fingerprint density at radius 3 is 1.55 bits per heavy atom. The molecule has 1 unspecified atom stereocenters. The highest BCUT2D eigenvalue weighted by Crippen LogP contribution is 2.42. The summed E-state index contributed by atoms with van der Waals surface area (Å²) in [7, 11) is 0. The molecular weight excluding hydrogens is 761 g/mol. The monoisotopic (exact) mass is 794 g/mol. The number of aliphatic imine (C=N–C) groups is 3. The number of para-hydroxylation sites is 6. The van der Waals surface area contributed by atoms with Crippen LogP contribution >= 0.6 is 0 Å². The summed E-state index contributed by atoms with van der Waals surface area (Å²) in [6, 6.07) is 65.0. The topological polar surface area (TPSA) is 68.8 Å². The zero-order valence-corrected chi connectivity index (χ0v) is 33.2. The van der Waals surface area contributed by atoms with Crippen molar-refractivity contribution in [3.05, 3.63) is 194 Å². The second-order valence-electron chi connectivity index (χ2n) is 16.1. The highest BCUT2D eigenvalue weighted by atomic mass is 15.3. The molecule has 0 fully saturated rings. The Bertz CT molecular complexity index is 4000. The van der Waals surface area contributed by atoms with Crippen LogP contribution in [0.1, 0.15) is 0 Å². The average Bonchev–Trinajstić information content (AvgIpc) is 4.06. The normalized spacial score (nSPS) is 15.3. The molecule has 0 saturated heterocycles. The molecule has 1 N–H and O–H groups in total. The van der Waals surface area contributed by atoms with E-state index in [9.17, 15) is 0 Å². The summed E-state index contributed by atoms with van der Waals surface area (Å²) in [5.74, 6) is 1.33. The van der Waals surface area contributed by atoms with Crippen molar-refractivity contribution < 1.29 is 0 Å². The number of hydrogen-bond acceptors (Lipinski definition) is 4. The first-order valence-electron chi connectivity index (χ1n) is 21.0. The van der Waals surface area contributed by atoms with Crippen molar-refractivity contribution in [3.63, 3.8) is 0 Å². The maximum Gasteiger partial charge on any atom is 0.232 e. The molecule has 0 radical (unpaired) electrons. The van der Waals surface area contributed by atoms with Gasteiger partial charge >= 0.3 is 0 Å². The second kappa shape index (κ2) is 12.5. The molecule has 12 aromatic rings. The van der Waals surface area contributed by atoms with Gasteiger partial charge < -0.3 is 14.5 Å². The van der Waals surface area contributed by atoms with Crippen LogP contribution in [0.4, 0.5) is 0 Å². The van der Waals surface area contributed by atoms with Crippen molar-refractivity contribution in [2.75, 3.05) is 0 Å². The third kappa shape index (κ3) is 4.52. The van der Waals surface area contributed by atoms with Gasteiger partial charge in [-0.2, -0.15) is 0 Å². The minimum atomic E-state index is -0.420. The summed E-state index contributed by atoms with van der Waals surface area (Å²) < 4.78 is 9.26. The molecule has 290 valence electrons. The quantitative estimate of drug-likeness (QED) is 0.186. The van der Waals surface area contributed by atoms with E-state index in [1.807, 2.05) is 12.4 Å². The first kappa shape index (κ1) is 33.4. The zero-order chi connectivity index (χ0) is 40.5. The predicted octanol–water partition coefficient (Wildman–Crippen LogP) is 12.1. The Labute approximate surface area is 353 Å². The molecule has 0 spiro atoms. The van der Waals surface area contributed by atoms with Gasteiger partial charge in [0.15, 0.2) is 6.17 Å². The van der Waals surface area contributed by atoms with Crippen LogP contribution in [-0.4, -0.2) is 42.6 Å². The number of hydrogen-bond donors (Lipinski definition) is 1. The van der Waals surface area contributed by atoms with E-state index in [4.69, 9.17) is 15.0 Å². The van der Waals surface area contributed by atoms with E-state index < -0.39 is 6.17 Å². The lowest BCUT2D eigenvalue weighted by Gasteiger charge is -2.26.